The largest absolute Gasteiger partial charge is 0.465 e. The van der Waals surface area contributed by atoms with Crippen LogP contribution in [0.2, 0.25) is 0 Å². The third kappa shape index (κ3) is 4.83. The molecule has 0 atom stereocenters. The summed E-state index contributed by atoms with van der Waals surface area (Å²) < 4.78 is 17.3. The highest BCUT2D eigenvalue weighted by molar-refractivity contribution is 9.10. The van der Waals surface area contributed by atoms with Crippen molar-refractivity contribution in [3.05, 3.63) is 32.8 Å². The molecule has 0 aromatic carbocycles. The number of furan rings is 1. The number of anilines is 1. The molecule has 3 aromatic rings. The van der Waals surface area contributed by atoms with E-state index in [0.717, 1.165) is 23.1 Å². The first-order valence-electron chi connectivity index (χ1n) is 8.64. The highest BCUT2D eigenvalue weighted by atomic mass is 79.9. The number of rotatable bonds is 7. The second kappa shape index (κ2) is 9.66. The van der Waals surface area contributed by atoms with Crippen molar-refractivity contribution in [1.82, 2.24) is 14.8 Å². The standard InChI is InChI=1S/C18H17BrN4O6S2/c1-8-12(16(25)27-3)15(31-13(8)17(26)28-4)20-11(24)7-30-18-22-21-14(23(18)2)9-5-6-10(19)29-9/h5-6H,7H2,1-4H3,(H,20,24). The minimum atomic E-state index is -0.658. The van der Waals surface area contributed by atoms with Crippen LogP contribution in [0.3, 0.4) is 0 Å². The number of nitrogens with zero attached hydrogens (tertiary/aromatic N) is 3. The number of nitrogens with one attached hydrogen (secondary N) is 1. The summed E-state index contributed by atoms with van der Waals surface area (Å²) in [6.45, 7) is 1.59. The number of halogens is 1. The normalized spacial score (nSPS) is 10.7. The molecule has 1 amide bonds. The van der Waals surface area contributed by atoms with Crippen molar-refractivity contribution < 1.29 is 28.3 Å². The first-order chi connectivity index (χ1) is 14.8. The zero-order valence-electron chi connectivity index (χ0n) is 16.8. The summed E-state index contributed by atoms with van der Waals surface area (Å²) in [4.78, 5) is 36.9. The van der Waals surface area contributed by atoms with E-state index in [-0.39, 0.29) is 21.2 Å². The lowest BCUT2D eigenvalue weighted by Gasteiger charge is -2.06. The van der Waals surface area contributed by atoms with Crippen LogP contribution >= 0.6 is 39.0 Å². The summed E-state index contributed by atoms with van der Waals surface area (Å²) >= 11 is 5.35. The number of carbonyl (C=O) groups excluding carboxylic acids is 3. The predicted octanol–water partition coefficient (Wildman–Crippen LogP) is 3.51. The molecular formula is C18H17BrN4O6S2. The van der Waals surface area contributed by atoms with Gasteiger partial charge in [0, 0.05) is 7.05 Å². The highest BCUT2D eigenvalue weighted by Crippen LogP contribution is 2.34. The van der Waals surface area contributed by atoms with E-state index >= 15 is 0 Å². The zero-order valence-corrected chi connectivity index (χ0v) is 20.1. The molecule has 0 fully saturated rings. The van der Waals surface area contributed by atoms with E-state index in [1.165, 1.54) is 14.2 Å². The van der Waals surface area contributed by atoms with Gasteiger partial charge in [0.15, 0.2) is 21.4 Å². The number of thiophene rings is 1. The van der Waals surface area contributed by atoms with Crippen LogP contribution in [-0.2, 0) is 21.3 Å². The molecule has 0 radical (unpaired) electrons. The molecule has 0 aliphatic rings. The summed E-state index contributed by atoms with van der Waals surface area (Å²) in [6, 6.07) is 3.50. The molecule has 31 heavy (non-hydrogen) atoms. The molecule has 0 saturated carbocycles. The Morgan fingerprint density at radius 3 is 2.55 bits per heavy atom. The average molecular weight is 529 g/mol. The fourth-order valence-corrected chi connectivity index (χ4v) is 4.77. The number of amides is 1. The average Bonchev–Trinajstić information content (AvgIpc) is 3.42. The number of methoxy groups -OCH3 is 2. The van der Waals surface area contributed by atoms with Crippen LogP contribution in [0.15, 0.2) is 26.4 Å². The van der Waals surface area contributed by atoms with E-state index in [9.17, 15) is 14.4 Å². The molecule has 10 nitrogen and oxygen atoms in total. The van der Waals surface area contributed by atoms with Gasteiger partial charge in [0.05, 0.1) is 25.5 Å². The molecule has 3 aromatic heterocycles. The van der Waals surface area contributed by atoms with Crippen LogP contribution < -0.4 is 5.32 Å². The number of carbonyl (C=O) groups is 3. The van der Waals surface area contributed by atoms with E-state index in [1.54, 1.807) is 30.7 Å². The van der Waals surface area contributed by atoms with Gasteiger partial charge in [0.1, 0.15) is 9.88 Å². The minimum absolute atomic E-state index is 0.00105. The van der Waals surface area contributed by atoms with Crippen LogP contribution in [0, 0.1) is 6.92 Å². The number of ether oxygens (including phenoxy) is 2. The monoisotopic (exact) mass is 528 g/mol. The molecule has 0 aliphatic heterocycles. The number of esters is 2. The Morgan fingerprint density at radius 2 is 1.94 bits per heavy atom. The third-order valence-corrected chi connectivity index (χ3v) is 6.75. The van der Waals surface area contributed by atoms with Crippen molar-refractivity contribution >= 4 is 61.9 Å². The van der Waals surface area contributed by atoms with Gasteiger partial charge >= 0.3 is 11.9 Å². The first-order valence-corrected chi connectivity index (χ1v) is 11.2. The van der Waals surface area contributed by atoms with E-state index < -0.39 is 17.8 Å². The molecule has 13 heteroatoms. The third-order valence-electron chi connectivity index (χ3n) is 4.12. The lowest BCUT2D eigenvalue weighted by Crippen LogP contribution is -2.16. The van der Waals surface area contributed by atoms with Gasteiger partial charge in [0.2, 0.25) is 5.91 Å². The van der Waals surface area contributed by atoms with Crippen LogP contribution in [0.4, 0.5) is 5.00 Å². The molecule has 164 valence electrons. The zero-order chi connectivity index (χ0) is 22.7. The minimum Gasteiger partial charge on any atom is -0.465 e. The predicted molar refractivity (Wildman–Crippen MR) is 117 cm³/mol. The maximum Gasteiger partial charge on any atom is 0.348 e. The number of aromatic nitrogens is 3. The molecule has 0 unspecified atom stereocenters. The van der Waals surface area contributed by atoms with Gasteiger partial charge in [-0.05, 0) is 40.5 Å². The van der Waals surface area contributed by atoms with E-state index in [2.05, 4.69) is 31.4 Å². The Kier molecular flexibility index (Phi) is 7.18. The molecule has 1 N–H and O–H groups in total. The lowest BCUT2D eigenvalue weighted by atomic mass is 10.1. The number of thioether (sulfide) groups is 1. The summed E-state index contributed by atoms with van der Waals surface area (Å²) in [5.74, 6) is -0.603. The highest BCUT2D eigenvalue weighted by Gasteiger charge is 2.27. The van der Waals surface area contributed by atoms with Gasteiger partial charge in [-0.3, -0.25) is 4.79 Å². The fraction of sp³-hybridized carbons (Fsp3) is 0.278. The smallest absolute Gasteiger partial charge is 0.348 e. The topological polar surface area (TPSA) is 126 Å². The lowest BCUT2D eigenvalue weighted by molar-refractivity contribution is -0.113. The van der Waals surface area contributed by atoms with Crippen molar-refractivity contribution in [2.75, 3.05) is 25.3 Å². The SMILES string of the molecule is COC(=O)c1sc(NC(=O)CSc2nnc(-c3ccc(Br)o3)n2C)c(C(=O)OC)c1C. The Morgan fingerprint density at radius 1 is 1.23 bits per heavy atom. The number of hydrogen-bond donors (Lipinski definition) is 1. The van der Waals surface area contributed by atoms with Crippen LogP contribution in [-0.4, -0.2) is 52.6 Å². The summed E-state index contributed by atoms with van der Waals surface area (Å²) in [7, 11) is 4.22. The Hall–Kier alpha value is -2.64. The Balaban J connectivity index is 1.74. The van der Waals surface area contributed by atoms with E-state index in [1.807, 2.05) is 0 Å². The van der Waals surface area contributed by atoms with Gasteiger partial charge in [-0.2, -0.15) is 0 Å². The molecule has 0 aliphatic carbocycles. The molecule has 0 spiro atoms. The van der Waals surface area contributed by atoms with E-state index in [0.29, 0.717) is 27.0 Å². The second-order valence-electron chi connectivity index (χ2n) is 6.05. The second-order valence-corrected chi connectivity index (χ2v) is 8.79. The Labute approximate surface area is 193 Å². The van der Waals surface area contributed by atoms with Gasteiger partial charge in [0.25, 0.3) is 0 Å². The molecule has 0 saturated heterocycles. The van der Waals surface area contributed by atoms with Gasteiger partial charge < -0.3 is 23.8 Å². The van der Waals surface area contributed by atoms with Gasteiger partial charge in [-0.25, -0.2) is 9.59 Å². The molecule has 0 bridgehead atoms. The van der Waals surface area contributed by atoms with Crippen molar-refractivity contribution in [3.63, 3.8) is 0 Å². The van der Waals surface area contributed by atoms with Crippen molar-refractivity contribution in [2.45, 2.75) is 12.1 Å². The van der Waals surface area contributed by atoms with Gasteiger partial charge in [-0.1, -0.05) is 11.8 Å². The maximum absolute atomic E-state index is 12.5. The first kappa shape index (κ1) is 23.0. The molecular weight excluding hydrogens is 512 g/mol. The summed E-state index contributed by atoms with van der Waals surface area (Å²) in [6.07, 6.45) is 0. The molecule has 3 rings (SSSR count). The maximum atomic E-state index is 12.5. The van der Waals surface area contributed by atoms with Crippen molar-refractivity contribution in [1.29, 1.82) is 0 Å². The summed E-state index contributed by atoms with van der Waals surface area (Å²) in [5, 5.41) is 11.6. The van der Waals surface area contributed by atoms with Crippen LogP contribution in [0.1, 0.15) is 25.6 Å². The van der Waals surface area contributed by atoms with Crippen molar-refractivity contribution in [2.24, 2.45) is 7.05 Å². The van der Waals surface area contributed by atoms with Crippen LogP contribution in [0.5, 0.6) is 0 Å². The van der Waals surface area contributed by atoms with Crippen LogP contribution in [0.25, 0.3) is 11.6 Å². The van der Waals surface area contributed by atoms with Gasteiger partial charge in [-0.15, -0.1) is 21.5 Å². The summed E-state index contributed by atoms with van der Waals surface area (Å²) in [5.41, 5.74) is 0.504. The molecule has 3 heterocycles. The van der Waals surface area contributed by atoms with E-state index in [4.69, 9.17) is 13.9 Å². The van der Waals surface area contributed by atoms with Crippen molar-refractivity contribution in [3.8, 4) is 11.6 Å². The number of hydrogen-bond acceptors (Lipinski definition) is 10. The Bertz CT molecular complexity index is 1150. The fourth-order valence-electron chi connectivity index (χ4n) is 2.62. The quantitative estimate of drug-likeness (QED) is 0.362.